The summed E-state index contributed by atoms with van der Waals surface area (Å²) >= 11 is 0. The first-order valence-corrected chi connectivity index (χ1v) is 20.6. The van der Waals surface area contributed by atoms with Crippen LogP contribution in [0.5, 0.6) is 0 Å². The van der Waals surface area contributed by atoms with Crippen LogP contribution in [0.3, 0.4) is 0 Å². The molecule has 1 saturated carbocycles. The monoisotopic (exact) mass is 757 g/mol. The summed E-state index contributed by atoms with van der Waals surface area (Å²) in [7, 11) is -4.80. The highest BCUT2D eigenvalue weighted by Crippen LogP contribution is 2.63. The van der Waals surface area contributed by atoms with Crippen LogP contribution in [0, 0.1) is 11.3 Å². The van der Waals surface area contributed by atoms with E-state index in [1.54, 1.807) is 6.07 Å². The second kappa shape index (κ2) is 19.6. The maximum absolute atomic E-state index is 13.1. The number of nitrogens with zero attached hydrogens (tertiary/aromatic N) is 4. The van der Waals surface area contributed by atoms with Crippen molar-refractivity contribution in [2.75, 3.05) is 25.6 Å². The number of anilines is 1. The number of ether oxygens (including phenoxy) is 3. The van der Waals surface area contributed by atoms with Gasteiger partial charge < -0.3 is 35.1 Å². The highest BCUT2D eigenvalue weighted by molar-refractivity contribution is 7.47. The van der Waals surface area contributed by atoms with Gasteiger partial charge in [0, 0.05) is 6.61 Å². The van der Waals surface area contributed by atoms with Gasteiger partial charge in [-0.3, -0.25) is 9.05 Å². The Morgan fingerprint density at radius 3 is 2.23 bits per heavy atom. The van der Waals surface area contributed by atoms with Crippen LogP contribution in [0.4, 0.5) is 5.82 Å². The molecule has 53 heavy (non-hydrogen) atoms. The summed E-state index contributed by atoms with van der Waals surface area (Å²) < 4.78 is 42.8. The maximum Gasteiger partial charge on any atom is 0.472 e. The fourth-order valence-corrected chi connectivity index (χ4v) is 8.01. The zero-order chi connectivity index (χ0) is 37.7. The molecule has 292 valence electrons. The number of aliphatic hydroxyl groups is 2. The van der Waals surface area contributed by atoms with E-state index in [1.165, 1.54) is 87.5 Å². The van der Waals surface area contributed by atoms with E-state index in [1.807, 2.05) is 36.4 Å². The Labute approximate surface area is 312 Å². The van der Waals surface area contributed by atoms with Crippen LogP contribution >= 0.6 is 7.82 Å². The van der Waals surface area contributed by atoms with Crippen molar-refractivity contribution in [2.24, 2.45) is 0 Å². The fourth-order valence-electron chi connectivity index (χ4n) is 7.03. The number of hydrogen-bond donors (Lipinski definition) is 4. The molecular weight excluding hydrogens is 701 g/mol. The smallest absolute Gasteiger partial charge is 0.385 e. The molecule has 0 spiro atoms. The Balaban J connectivity index is 1.05. The standard InChI is InChI=1S/C38H56N5O9P/c1-2-3-4-5-6-7-8-9-10-11-12-13-14-18-23-49-30(25-48-24-29-19-16-15-17-20-29)26-50-53(46,47)52-34-33-38(34,45)36(44)37(27-39,51-33)32-22-21-31-35(40)41-28-42-43(31)32/h15-17,19-22,28,30,33-34,36,44-45H,2-14,18,23-26H2,1H3,(H,46,47)(H2,40,41,42)/t30-,33-,34?,36+,37+,38+/m1/s1. The summed E-state index contributed by atoms with van der Waals surface area (Å²) in [5.41, 5.74) is 3.13. The first-order valence-electron chi connectivity index (χ1n) is 19.1. The fraction of sp³-hybridized carbons (Fsp3) is 0.658. The largest absolute Gasteiger partial charge is 0.472 e. The molecule has 0 bridgehead atoms. The van der Waals surface area contributed by atoms with Crippen molar-refractivity contribution in [3.05, 3.63) is 60.0 Å². The quantitative estimate of drug-likeness (QED) is 0.0539. The van der Waals surface area contributed by atoms with E-state index in [0.717, 1.165) is 24.8 Å². The van der Waals surface area contributed by atoms with Crippen LogP contribution in [0.15, 0.2) is 48.8 Å². The molecular formula is C38H56N5O9P. The van der Waals surface area contributed by atoms with Crippen LogP contribution in [0.25, 0.3) is 5.52 Å². The van der Waals surface area contributed by atoms with Crippen molar-refractivity contribution in [3.63, 3.8) is 0 Å². The van der Waals surface area contributed by atoms with Gasteiger partial charge in [0.2, 0.25) is 5.60 Å². The molecule has 3 aromatic rings. The molecule has 0 amide bonds. The number of aromatic nitrogens is 3. The number of hydrogen-bond acceptors (Lipinski definition) is 12. The molecule has 1 aliphatic carbocycles. The third kappa shape index (κ3) is 10.4. The predicted octanol–water partition coefficient (Wildman–Crippen LogP) is 6.12. The molecule has 7 atom stereocenters. The number of phosphoric acid groups is 1. The number of fused-ring (bicyclic) bond motifs is 2. The minimum absolute atomic E-state index is 0.105. The lowest BCUT2D eigenvalue weighted by molar-refractivity contribution is -0.107. The van der Waals surface area contributed by atoms with Gasteiger partial charge in [0.25, 0.3) is 0 Å². The minimum atomic E-state index is -4.80. The summed E-state index contributed by atoms with van der Waals surface area (Å²) in [6.45, 7) is 2.80. The third-order valence-electron chi connectivity index (χ3n) is 10.2. The van der Waals surface area contributed by atoms with Crippen molar-refractivity contribution in [2.45, 2.75) is 139 Å². The number of benzene rings is 1. The number of aliphatic hydroxyl groups excluding tert-OH is 1. The SMILES string of the molecule is CCCCCCCCCCCCCCCCO[C@H](COCc1ccccc1)COP(=O)(O)OC1[C@H]2O[C@@](C#N)(c3ccc4c(N)ncnn34)[C@H](O)[C@@]12O. The van der Waals surface area contributed by atoms with Crippen LogP contribution in [0.1, 0.15) is 108 Å². The van der Waals surface area contributed by atoms with E-state index in [0.29, 0.717) is 18.7 Å². The van der Waals surface area contributed by atoms with Gasteiger partial charge in [0.05, 0.1) is 25.5 Å². The van der Waals surface area contributed by atoms with Crippen molar-refractivity contribution < 1.29 is 42.9 Å². The first kappa shape index (κ1) is 41.2. The van der Waals surface area contributed by atoms with Gasteiger partial charge in [-0.1, -0.05) is 121 Å². The van der Waals surface area contributed by atoms with Gasteiger partial charge in [-0.25, -0.2) is 14.1 Å². The molecule has 5 N–H and O–H groups in total. The first-order chi connectivity index (χ1) is 25.7. The van der Waals surface area contributed by atoms with Gasteiger partial charge in [0.15, 0.2) is 11.4 Å². The Kier molecular flexibility index (Phi) is 15.2. The number of nitrogens with two attached hydrogens (primary N) is 1. The Morgan fingerprint density at radius 2 is 1.62 bits per heavy atom. The number of phosphoric ester groups is 1. The average Bonchev–Trinajstić information content (AvgIpc) is 3.40. The van der Waals surface area contributed by atoms with Crippen molar-refractivity contribution in [1.29, 1.82) is 5.26 Å². The molecule has 1 aromatic carbocycles. The highest BCUT2D eigenvalue weighted by atomic mass is 31.2. The lowest BCUT2D eigenvalue weighted by Crippen LogP contribution is -2.47. The lowest BCUT2D eigenvalue weighted by atomic mass is 9.90. The molecule has 1 aliphatic heterocycles. The highest BCUT2D eigenvalue weighted by Gasteiger charge is 2.83. The Hall–Kier alpha value is -2.96. The molecule has 2 aromatic heterocycles. The van der Waals surface area contributed by atoms with E-state index in [2.05, 4.69) is 17.0 Å². The van der Waals surface area contributed by atoms with Gasteiger partial charge >= 0.3 is 7.82 Å². The molecule has 1 saturated heterocycles. The second-order valence-electron chi connectivity index (χ2n) is 14.2. The molecule has 14 nitrogen and oxygen atoms in total. The van der Waals surface area contributed by atoms with Crippen LogP contribution in [-0.2, 0) is 40.0 Å². The molecule has 0 radical (unpaired) electrons. The lowest BCUT2D eigenvalue weighted by Gasteiger charge is -2.29. The summed E-state index contributed by atoms with van der Waals surface area (Å²) in [4.78, 5) is 14.6. The van der Waals surface area contributed by atoms with Crippen LogP contribution < -0.4 is 5.73 Å². The van der Waals surface area contributed by atoms with E-state index in [-0.39, 0.29) is 24.7 Å². The summed E-state index contributed by atoms with van der Waals surface area (Å²) in [6, 6.07) is 14.6. The number of nitriles is 1. The number of unbranched alkanes of at least 4 members (excludes halogenated alkanes) is 13. The van der Waals surface area contributed by atoms with Gasteiger partial charge in [-0.15, -0.1) is 0 Å². The van der Waals surface area contributed by atoms with E-state index < -0.39 is 43.4 Å². The molecule has 5 rings (SSSR count). The van der Waals surface area contributed by atoms with E-state index in [4.69, 9.17) is 29.0 Å². The van der Waals surface area contributed by atoms with Crippen molar-refractivity contribution in [1.82, 2.24) is 14.6 Å². The van der Waals surface area contributed by atoms with Crippen molar-refractivity contribution in [3.8, 4) is 6.07 Å². The molecule has 2 aliphatic rings. The van der Waals surface area contributed by atoms with Crippen LogP contribution in [0.2, 0.25) is 0 Å². The maximum atomic E-state index is 13.1. The third-order valence-corrected chi connectivity index (χ3v) is 11.1. The Bertz CT molecular complexity index is 1660. The van der Waals surface area contributed by atoms with E-state index in [9.17, 15) is 24.9 Å². The van der Waals surface area contributed by atoms with E-state index >= 15 is 0 Å². The summed E-state index contributed by atoms with van der Waals surface area (Å²) in [5, 5.41) is 36.8. The molecule has 2 fully saturated rings. The average molecular weight is 758 g/mol. The van der Waals surface area contributed by atoms with Gasteiger partial charge in [-0.05, 0) is 24.1 Å². The van der Waals surface area contributed by atoms with Gasteiger partial charge in [0.1, 0.15) is 42.3 Å². The zero-order valence-electron chi connectivity index (χ0n) is 30.8. The van der Waals surface area contributed by atoms with Crippen molar-refractivity contribution >= 4 is 19.2 Å². The second-order valence-corrected chi connectivity index (χ2v) is 15.6. The zero-order valence-corrected chi connectivity index (χ0v) is 31.7. The number of nitrogen functional groups attached to an aromatic ring is 1. The topological polar surface area (TPSA) is 204 Å². The van der Waals surface area contributed by atoms with Crippen LogP contribution in [-0.4, -0.2) is 79.5 Å². The minimum Gasteiger partial charge on any atom is -0.385 e. The normalized spacial score (nSPS) is 25.2. The van der Waals surface area contributed by atoms with Gasteiger partial charge in [-0.2, -0.15) is 10.4 Å². The predicted molar refractivity (Wildman–Crippen MR) is 197 cm³/mol. The summed E-state index contributed by atoms with van der Waals surface area (Å²) in [6.07, 6.45) is 13.4. The number of rotatable bonds is 26. The summed E-state index contributed by atoms with van der Waals surface area (Å²) in [5.74, 6) is 0.141. The molecule has 2 unspecified atom stereocenters. The molecule has 3 heterocycles. The molecule has 15 heteroatoms. The Morgan fingerprint density at radius 1 is 0.981 bits per heavy atom.